The van der Waals surface area contributed by atoms with E-state index in [9.17, 15) is 13.2 Å². The summed E-state index contributed by atoms with van der Waals surface area (Å²) in [5.41, 5.74) is 0.205. The highest BCUT2D eigenvalue weighted by Crippen LogP contribution is 2.31. The maximum atomic E-state index is 13.0. The van der Waals surface area contributed by atoms with Crippen molar-refractivity contribution >= 4 is 5.96 Å². The van der Waals surface area contributed by atoms with E-state index in [1.807, 2.05) is 0 Å². The number of rotatable bonds is 7. The number of nitrogens with one attached hydrogen (secondary N) is 2. The van der Waals surface area contributed by atoms with Crippen LogP contribution in [0.2, 0.25) is 0 Å². The molecular formula is C21H32F3N5O2. The van der Waals surface area contributed by atoms with E-state index in [0.717, 1.165) is 70.2 Å². The van der Waals surface area contributed by atoms with Crippen molar-refractivity contribution in [1.82, 2.24) is 20.4 Å². The summed E-state index contributed by atoms with van der Waals surface area (Å²) in [6.07, 6.45) is -4.34. The first-order chi connectivity index (χ1) is 15.0. The van der Waals surface area contributed by atoms with E-state index < -0.39 is 11.7 Å². The summed E-state index contributed by atoms with van der Waals surface area (Å²) in [6.45, 7) is 8.27. The summed E-state index contributed by atoms with van der Waals surface area (Å²) in [4.78, 5) is 8.86. The first kappa shape index (κ1) is 23.8. The normalized spacial score (nSPS) is 20.5. The molecule has 7 nitrogen and oxygen atoms in total. The van der Waals surface area contributed by atoms with E-state index in [2.05, 4.69) is 25.4 Å². The highest BCUT2D eigenvalue weighted by atomic mass is 19.4. The minimum atomic E-state index is -4.34. The molecule has 1 aromatic carbocycles. The van der Waals surface area contributed by atoms with Gasteiger partial charge in [-0.05, 0) is 17.7 Å². The molecule has 0 radical (unpaired) electrons. The lowest BCUT2D eigenvalue weighted by molar-refractivity contribution is -0.137. The Morgan fingerprint density at radius 2 is 1.61 bits per heavy atom. The van der Waals surface area contributed by atoms with Gasteiger partial charge in [0.1, 0.15) is 0 Å². The molecule has 0 saturated carbocycles. The van der Waals surface area contributed by atoms with Crippen LogP contribution in [-0.4, -0.2) is 95.0 Å². The Hall–Kier alpha value is -1.88. The molecule has 0 amide bonds. The van der Waals surface area contributed by atoms with Crippen molar-refractivity contribution in [2.75, 3.05) is 79.3 Å². The molecule has 0 spiro atoms. The molecule has 2 fully saturated rings. The summed E-state index contributed by atoms with van der Waals surface area (Å²) in [5.74, 6) is 0.679. The fourth-order valence-electron chi connectivity index (χ4n) is 3.81. The van der Waals surface area contributed by atoms with Gasteiger partial charge in [-0.3, -0.25) is 14.8 Å². The molecule has 0 aromatic heterocycles. The van der Waals surface area contributed by atoms with Gasteiger partial charge < -0.3 is 20.1 Å². The number of benzene rings is 1. The summed E-state index contributed by atoms with van der Waals surface area (Å²) in [6, 6.07) is 5.36. The second-order valence-corrected chi connectivity index (χ2v) is 7.62. The monoisotopic (exact) mass is 443 g/mol. The number of alkyl halides is 3. The minimum Gasteiger partial charge on any atom is -0.379 e. The molecular weight excluding hydrogens is 411 g/mol. The van der Waals surface area contributed by atoms with Gasteiger partial charge in [-0.25, -0.2) is 0 Å². The molecule has 2 heterocycles. The highest BCUT2D eigenvalue weighted by molar-refractivity contribution is 5.79. The third-order valence-corrected chi connectivity index (χ3v) is 5.62. The molecule has 10 heteroatoms. The van der Waals surface area contributed by atoms with E-state index in [1.54, 1.807) is 19.2 Å². The quantitative estimate of drug-likeness (QED) is 0.493. The van der Waals surface area contributed by atoms with E-state index >= 15 is 0 Å². The standard InChI is InChI=1S/C21H32F3N5O2/c1-25-20(26-6-7-28-8-12-30-13-9-28)27-16-19(29-10-14-31-15-11-29)17-2-4-18(5-3-17)21(22,23)24/h2-5,19H,6-16H2,1H3,(H2,25,26,27). The fraction of sp³-hybridized carbons (Fsp3) is 0.667. The summed E-state index contributed by atoms with van der Waals surface area (Å²) < 4.78 is 49.7. The van der Waals surface area contributed by atoms with Crippen LogP contribution in [0.1, 0.15) is 17.2 Å². The molecule has 1 atom stereocenters. The Morgan fingerprint density at radius 1 is 1.00 bits per heavy atom. The van der Waals surface area contributed by atoms with Crippen LogP contribution in [0.25, 0.3) is 0 Å². The Balaban J connectivity index is 1.58. The lowest BCUT2D eigenvalue weighted by Crippen LogP contribution is -2.48. The molecule has 1 aromatic rings. The lowest BCUT2D eigenvalue weighted by Gasteiger charge is -2.35. The first-order valence-corrected chi connectivity index (χ1v) is 10.7. The molecule has 3 rings (SSSR count). The van der Waals surface area contributed by atoms with Crippen LogP contribution in [0.4, 0.5) is 13.2 Å². The third-order valence-electron chi connectivity index (χ3n) is 5.62. The SMILES string of the molecule is CN=C(NCCN1CCOCC1)NCC(c1ccc(C(F)(F)F)cc1)N1CCOCC1. The minimum absolute atomic E-state index is 0.0797. The zero-order chi connectivity index (χ0) is 22.1. The van der Waals surface area contributed by atoms with Gasteiger partial charge in [-0.1, -0.05) is 12.1 Å². The van der Waals surface area contributed by atoms with Crippen LogP contribution in [0.3, 0.4) is 0 Å². The van der Waals surface area contributed by atoms with Gasteiger partial charge in [0, 0.05) is 52.9 Å². The maximum Gasteiger partial charge on any atom is 0.416 e. The van der Waals surface area contributed by atoms with E-state index in [4.69, 9.17) is 9.47 Å². The largest absolute Gasteiger partial charge is 0.416 e. The van der Waals surface area contributed by atoms with Crippen molar-refractivity contribution in [1.29, 1.82) is 0 Å². The summed E-state index contributed by atoms with van der Waals surface area (Å²) in [7, 11) is 1.71. The van der Waals surface area contributed by atoms with Crippen LogP contribution < -0.4 is 10.6 Å². The Morgan fingerprint density at radius 3 is 2.19 bits per heavy atom. The van der Waals surface area contributed by atoms with E-state index in [1.165, 1.54) is 0 Å². The number of nitrogens with zero attached hydrogens (tertiary/aromatic N) is 3. The zero-order valence-electron chi connectivity index (χ0n) is 18.0. The van der Waals surface area contributed by atoms with Crippen molar-refractivity contribution < 1.29 is 22.6 Å². The Labute approximate surface area is 181 Å². The van der Waals surface area contributed by atoms with Crippen molar-refractivity contribution in [3.05, 3.63) is 35.4 Å². The maximum absolute atomic E-state index is 13.0. The van der Waals surface area contributed by atoms with E-state index in [-0.39, 0.29) is 6.04 Å². The van der Waals surface area contributed by atoms with Crippen molar-refractivity contribution in [3.8, 4) is 0 Å². The van der Waals surface area contributed by atoms with Gasteiger partial charge in [0.2, 0.25) is 0 Å². The Bertz CT molecular complexity index is 687. The predicted octanol–water partition coefficient (Wildman–Crippen LogP) is 1.58. The second kappa shape index (κ2) is 11.7. The topological polar surface area (TPSA) is 61.4 Å². The average molecular weight is 444 g/mol. The fourth-order valence-corrected chi connectivity index (χ4v) is 3.81. The molecule has 2 saturated heterocycles. The Kier molecular flexibility index (Phi) is 8.94. The van der Waals surface area contributed by atoms with Gasteiger partial charge >= 0.3 is 6.18 Å². The van der Waals surface area contributed by atoms with Crippen molar-refractivity contribution in [2.24, 2.45) is 4.99 Å². The van der Waals surface area contributed by atoms with Crippen LogP contribution >= 0.6 is 0 Å². The van der Waals surface area contributed by atoms with Crippen molar-refractivity contribution in [3.63, 3.8) is 0 Å². The average Bonchev–Trinajstić information content (AvgIpc) is 2.79. The van der Waals surface area contributed by atoms with Gasteiger partial charge in [-0.2, -0.15) is 13.2 Å². The smallest absolute Gasteiger partial charge is 0.379 e. The number of ether oxygens (including phenoxy) is 2. The lowest BCUT2D eigenvalue weighted by atomic mass is 10.0. The zero-order valence-corrected chi connectivity index (χ0v) is 18.0. The molecule has 2 aliphatic heterocycles. The van der Waals surface area contributed by atoms with Crippen LogP contribution in [0.15, 0.2) is 29.3 Å². The highest BCUT2D eigenvalue weighted by Gasteiger charge is 2.31. The molecule has 1 unspecified atom stereocenters. The number of hydrogen-bond acceptors (Lipinski definition) is 5. The van der Waals surface area contributed by atoms with Gasteiger partial charge in [0.05, 0.1) is 38.0 Å². The van der Waals surface area contributed by atoms with Crippen LogP contribution in [0, 0.1) is 0 Å². The van der Waals surface area contributed by atoms with Crippen LogP contribution in [-0.2, 0) is 15.7 Å². The second-order valence-electron chi connectivity index (χ2n) is 7.62. The van der Waals surface area contributed by atoms with Gasteiger partial charge in [-0.15, -0.1) is 0 Å². The van der Waals surface area contributed by atoms with Gasteiger partial charge in [0.25, 0.3) is 0 Å². The van der Waals surface area contributed by atoms with Crippen LogP contribution in [0.5, 0.6) is 0 Å². The molecule has 174 valence electrons. The predicted molar refractivity (Wildman–Crippen MR) is 113 cm³/mol. The first-order valence-electron chi connectivity index (χ1n) is 10.7. The van der Waals surface area contributed by atoms with Gasteiger partial charge in [0.15, 0.2) is 5.96 Å². The number of aliphatic imine (C=N–C) groups is 1. The molecule has 2 aliphatic rings. The van der Waals surface area contributed by atoms with Crippen molar-refractivity contribution in [2.45, 2.75) is 12.2 Å². The third kappa shape index (κ3) is 7.34. The number of morpholine rings is 2. The molecule has 0 aliphatic carbocycles. The number of guanidine groups is 1. The number of halogens is 3. The van der Waals surface area contributed by atoms with E-state index in [0.29, 0.717) is 25.7 Å². The molecule has 31 heavy (non-hydrogen) atoms. The summed E-state index contributed by atoms with van der Waals surface area (Å²) in [5, 5.41) is 6.66. The molecule has 2 N–H and O–H groups in total. The number of hydrogen-bond donors (Lipinski definition) is 2. The molecule has 0 bridgehead atoms. The summed E-state index contributed by atoms with van der Waals surface area (Å²) >= 11 is 0.